The number of ketones is 1. The van der Waals surface area contributed by atoms with Gasteiger partial charge in [-0.25, -0.2) is 0 Å². The lowest BCUT2D eigenvalue weighted by Crippen LogP contribution is -2.39. The van der Waals surface area contributed by atoms with E-state index in [1.807, 2.05) is 26.0 Å². The molecule has 0 radical (unpaired) electrons. The fraction of sp³-hybridized carbons (Fsp3) is 0.467. The van der Waals surface area contributed by atoms with Crippen LogP contribution in [-0.4, -0.2) is 29.4 Å². The standard InChI is InChI=1S/C15H21NO3/c1-3-9-16-13(10-14(17)18)15(19)12-7-5-11(4-2)6-8-12/h5-8,13,16H,3-4,9-10H2,1-2H3,(H,17,18). The third kappa shape index (κ3) is 4.83. The zero-order valence-corrected chi connectivity index (χ0v) is 11.5. The number of Topliss-reactive ketones (excluding diaryl/α,β-unsaturated/α-hetero) is 1. The van der Waals surface area contributed by atoms with E-state index in [9.17, 15) is 9.59 Å². The summed E-state index contributed by atoms with van der Waals surface area (Å²) in [6.07, 6.45) is 1.59. The van der Waals surface area contributed by atoms with Crippen LogP contribution in [0.25, 0.3) is 0 Å². The van der Waals surface area contributed by atoms with Gasteiger partial charge in [0.25, 0.3) is 0 Å². The van der Waals surface area contributed by atoms with Gasteiger partial charge < -0.3 is 10.4 Å². The Morgan fingerprint density at radius 1 is 1.21 bits per heavy atom. The van der Waals surface area contributed by atoms with Gasteiger partial charge in [-0.15, -0.1) is 0 Å². The molecule has 0 aliphatic heterocycles. The Kier molecular flexibility index (Phi) is 6.22. The van der Waals surface area contributed by atoms with Crippen molar-refractivity contribution in [3.05, 3.63) is 35.4 Å². The molecule has 1 unspecified atom stereocenters. The Morgan fingerprint density at radius 3 is 2.32 bits per heavy atom. The number of benzene rings is 1. The van der Waals surface area contributed by atoms with Gasteiger partial charge in [0, 0.05) is 5.56 Å². The van der Waals surface area contributed by atoms with Crippen LogP contribution >= 0.6 is 0 Å². The molecule has 4 nitrogen and oxygen atoms in total. The number of hydrogen-bond donors (Lipinski definition) is 2. The number of hydrogen-bond acceptors (Lipinski definition) is 3. The van der Waals surface area contributed by atoms with Crippen LogP contribution in [0.3, 0.4) is 0 Å². The molecule has 0 saturated carbocycles. The number of carboxylic acid groups (broad SMARTS) is 1. The first-order valence-electron chi connectivity index (χ1n) is 6.66. The van der Waals surface area contributed by atoms with Gasteiger partial charge in [0.1, 0.15) is 0 Å². The number of aryl methyl sites for hydroxylation is 1. The lowest BCUT2D eigenvalue weighted by atomic mass is 10.00. The SMILES string of the molecule is CCCNC(CC(=O)O)C(=O)c1ccc(CC)cc1. The highest BCUT2D eigenvalue weighted by molar-refractivity contribution is 6.01. The maximum Gasteiger partial charge on any atom is 0.305 e. The number of carboxylic acids is 1. The van der Waals surface area contributed by atoms with E-state index < -0.39 is 12.0 Å². The maximum absolute atomic E-state index is 12.3. The van der Waals surface area contributed by atoms with E-state index in [4.69, 9.17) is 5.11 Å². The van der Waals surface area contributed by atoms with Crippen molar-refractivity contribution in [1.29, 1.82) is 0 Å². The van der Waals surface area contributed by atoms with Crippen molar-refractivity contribution >= 4 is 11.8 Å². The summed E-state index contributed by atoms with van der Waals surface area (Å²) in [5.74, 6) is -1.12. The van der Waals surface area contributed by atoms with Crippen LogP contribution < -0.4 is 5.32 Å². The molecule has 1 aromatic rings. The lowest BCUT2D eigenvalue weighted by molar-refractivity contribution is -0.137. The van der Waals surface area contributed by atoms with Crippen LogP contribution in [-0.2, 0) is 11.2 Å². The van der Waals surface area contributed by atoms with Crippen molar-refractivity contribution in [3.8, 4) is 0 Å². The number of nitrogens with one attached hydrogen (secondary N) is 1. The van der Waals surface area contributed by atoms with Crippen molar-refractivity contribution in [1.82, 2.24) is 5.32 Å². The van der Waals surface area contributed by atoms with Crippen molar-refractivity contribution in [2.45, 2.75) is 39.2 Å². The fourth-order valence-electron chi connectivity index (χ4n) is 1.86. The van der Waals surface area contributed by atoms with Crippen LogP contribution in [0.5, 0.6) is 0 Å². The topological polar surface area (TPSA) is 66.4 Å². The molecule has 4 heteroatoms. The quantitative estimate of drug-likeness (QED) is 0.706. The number of rotatable bonds is 8. The minimum absolute atomic E-state index is 0.154. The number of carbonyl (C=O) groups excluding carboxylic acids is 1. The Hall–Kier alpha value is -1.68. The highest BCUT2D eigenvalue weighted by atomic mass is 16.4. The normalized spacial score (nSPS) is 12.1. The smallest absolute Gasteiger partial charge is 0.305 e. The molecule has 104 valence electrons. The van der Waals surface area contributed by atoms with Gasteiger partial charge in [-0.05, 0) is 24.9 Å². The summed E-state index contributed by atoms with van der Waals surface area (Å²) in [4.78, 5) is 23.1. The molecule has 1 atom stereocenters. The van der Waals surface area contributed by atoms with Crippen LogP contribution in [0.15, 0.2) is 24.3 Å². The predicted octanol–water partition coefficient (Wildman–Crippen LogP) is 2.27. The van der Waals surface area contributed by atoms with E-state index >= 15 is 0 Å². The molecule has 1 rings (SSSR count). The third-order valence-electron chi connectivity index (χ3n) is 2.98. The molecule has 0 aliphatic carbocycles. The second-order valence-corrected chi connectivity index (χ2v) is 4.52. The molecule has 1 aromatic carbocycles. The van der Waals surface area contributed by atoms with Crippen LogP contribution in [0.2, 0.25) is 0 Å². The average molecular weight is 263 g/mol. The highest BCUT2D eigenvalue weighted by Gasteiger charge is 2.22. The minimum atomic E-state index is -0.966. The van der Waals surface area contributed by atoms with Gasteiger partial charge in [0.05, 0.1) is 12.5 Å². The molecular formula is C15H21NO3. The van der Waals surface area contributed by atoms with Gasteiger partial charge in [0.15, 0.2) is 5.78 Å². The Bertz CT molecular complexity index is 426. The van der Waals surface area contributed by atoms with Crippen molar-refractivity contribution < 1.29 is 14.7 Å². The fourth-order valence-corrected chi connectivity index (χ4v) is 1.86. The summed E-state index contributed by atoms with van der Waals surface area (Å²) in [7, 11) is 0. The van der Waals surface area contributed by atoms with Crippen molar-refractivity contribution in [3.63, 3.8) is 0 Å². The first-order valence-corrected chi connectivity index (χ1v) is 6.66. The lowest BCUT2D eigenvalue weighted by Gasteiger charge is -2.15. The van der Waals surface area contributed by atoms with Crippen molar-refractivity contribution in [2.75, 3.05) is 6.54 Å². The van der Waals surface area contributed by atoms with Crippen LogP contribution in [0.4, 0.5) is 0 Å². The van der Waals surface area contributed by atoms with Gasteiger partial charge in [0.2, 0.25) is 0 Å². The first kappa shape index (κ1) is 15.4. The highest BCUT2D eigenvalue weighted by Crippen LogP contribution is 2.09. The largest absolute Gasteiger partial charge is 0.481 e. The van der Waals surface area contributed by atoms with Crippen LogP contribution in [0.1, 0.15) is 42.6 Å². The van der Waals surface area contributed by atoms with E-state index in [-0.39, 0.29) is 12.2 Å². The van der Waals surface area contributed by atoms with Gasteiger partial charge in [-0.1, -0.05) is 38.1 Å². The molecule has 0 fully saturated rings. The van der Waals surface area contributed by atoms with E-state index in [0.717, 1.165) is 18.4 Å². The molecule has 0 aliphatic rings. The Morgan fingerprint density at radius 2 is 1.84 bits per heavy atom. The summed E-state index contributed by atoms with van der Waals surface area (Å²) in [6.45, 7) is 4.66. The first-order chi connectivity index (χ1) is 9.08. The summed E-state index contributed by atoms with van der Waals surface area (Å²) >= 11 is 0. The predicted molar refractivity (Wildman–Crippen MR) is 74.5 cm³/mol. The Balaban J connectivity index is 2.81. The van der Waals surface area contributed by atoms with Gasteiger partial charge in [-0.3, -0.25) is 9.59 Å². The molecular weight excluding hydrogens is 242 g/mol. The molecule has 0 bridgehead atoms. The molecule has 0 amide bonds. The monoisotopic (exact) mass is 263 g/mol. The van der Waals surface area contributed by atoms with Gasteiger partial charge in [-0.2, -0.15) is 0 Å². The molecule has 0 heterocycles. The molecule has 2 N–H and O–H groups in total. The average Bonchev–Trinajstić information content (AvgIpc) is 2.42. The van der Waals surface area contributed by atoms with Crippen LogP contribution in [0, 0.1) is 0 Å². The van der Waals surface area contributed by atoms with E-state index in [2.05, 4.69) is 5.32 Å². The molecule has 0 spiro atoms. The van der Waals surface area contributed by atoms with E-state index in [1.165, 1.54) is 0 Å². The summed E-state index contributed by atoms with van der Waals surface area (Å²) in [5, 5.41) is 11.9. The minimum Gasteiger partial charge on any atom is -0.481 e. The summed E-state index contributed by atoms with van der Waals surface area (Å²) < 4.78 is 0. The molecule has 19 heavy (non-hydrogen) atoms. The third-order valence-corrected chi connectivity index (χ3v) is 2.98. The van der Waals surface area contributed by atoms with Crippen molar-refractivity contribution in [2.24, 2.45) is 0 Å². The second-order valence-electron chi connectivity index (χ2n) is 4.52. The zero-order valence-electron chi connectivity index (χ0n) is 11.5. The number of carbonyl (C=O) groups is 2. The zero-order chi connectivity index (χ0) is 14.3. The summed E-state index contributed by atoms with van der Waals surface area (Å²) in [5.41, 5.74) is 1.72. The summed E-state index contributed by atoms with van der Waals surface area (Å²) in [6, 6.07) is 6.70. The van der Waals surface area contributed by atoms with E-state index in [1.54, 1.807) is 12.1 Å². The number of aliphatic carboxylic acids is 1. The molecule has 0 saturated heterocycles. The van der Waals surface area contributed by atoms with E-state index in [0.29, 0.717) is 12.1 Å². The Labute approximate surface area is 113 Å². The molecule has 0 aromatic heterocycles. The second kappa shape index (κ2) is 7.69. The van der Waals surface area contributed by atoms with Gasteiger partial charge >= 0.3 is 5.97 Å². The maximum atomic E-state index is 12.3.